The molecule has 10 amide bonds. The van der Waals surface area contributed by atoms with Gasteiger partial charge >= 0.3 is 15.2 Å². The van der Waals surface area contributed by atoms with Crippen molar-refractivity contribution in [2.45, 2.75) is 176 Å². The molecule has 2 aromatic carbocycles. The third-order valence-corrected chi connectivity index (χ3v) is 17.2. The van der Waals surface area contributed by atoms with Crippen molar-refractivity contribution in [1.29, 1.82) is 0 Å². The van der Waals surface area contributed by atoms with Gasteiger partial charge < -0.3 is 73.6 Å². The van der Waals surface area contributed by atoms with Crippen LogP contribution in [-0.4, -0.2) is 157 Å². The van der Waals surface area contributed by atoms with Gasteiger partial charge in [-0.3, -0.25) is 57.1 Å². The number of fused-ring (bicyclic) bond motifs is 4. The van der Waals surface area contributed by atoms with Gasteiger partial charge in [0.15, 0.2) is 0 Å². The van der Waals surface area contributed by atoms with Crippen molar-refractivity contribution in [1.82, 2.24) is 72.5 Å². The van der Waals surface area contributed by atoms with E-state index >= 15 is 0 Å². The molecule has 2 fully saturated rings. The van der Waals surface area contributed by atoms with E-state index in [1.54, 1.807) is 0 Å². The molecule has 32 nitrogen and oxygen atoms in total. The van der Waals surface area contributed by atoms with Gasteiger partial charge in [0.2, 0.25) is 59.1 Å². The second-order valence-electron chi connectivity index (χ2n) is 23.2. The maximum atomic E-state index is 14.6. The van der Waals surface area contributed by atoms with Gasteiger partial charge in [0.25, 0.3) is 0 Å². The fraction of sp³-hybridized carbons (Fsp3) is 0.536. The van der Waals surface area contributed by atoms with Crippen LogP contribution in [0.1, 0.15) is 124 Å². The number of nitrogens with zero attached hydrogens (tertiary/aromatic N) is 6. The molecular formula is C56H78N16O16P2. The first-order valence-corrected chi connectivity index (χ1v) is 33.2. The Hall–Kier alpha value is -8.28. The molecule has 2 saturated carbocycles. The third-order valence-electron chi connectivity index (χ3n) is 15.7. The smallest absolute Gasteiger partial charge is 0.329 e. The van der Waals surface area contributed by atoms with Crippen molar-refractivity contribution in [3.05, 3.63) is 94.6 Å². The van der Waals surface area contributed by atoms with Crippen LogP contribution in [0.3, 0.4) is 0 Å². The Morgan fingerprint density at radius 3 is 1.17 bits per heavy atom. The number of rotatable bonds is 12. The van der Waals surface area contributed by atoms with Crippen LogP contribution < -0.4 is 54.0 Å². The number of carbonyl (C=O) groups excluding carboxylic acids is 10. The number of aryl methyl sites for hydroxylation is 2. The lowest BCUT2D eigenvalue weighted by Gasteiger charge is -2.38. The van der Waals surface area contributed by atoms with Gasteiger partial charge in [-0.15, -0.1) is 10.2 Å². The first kappa shape index (κ1) is 69.2. The molecule has 7 rings (SSSR count). The third kappa shape index (κ3) is 21.5. The lowest BCUT2D eigenvalue weighted by Crippen LogP contribution is -2.65. The van der Waals surface area contributed by atoms with E-state index in [1.165, 1.54) is 70.3 Å². The lowest BCUT2D eigenvalue weighted by atomic mass is 9.80. The molecule has 3 aliphatic rings. The predicted octanol–water partition coefficient (Wildman–Crippen LogP) is -2.15. The number of amides is 10. The highest BCUT2D eigenvalue weighted by Gasteiger charge is 2.46. The Bertz CT molecular complexity index is 3120. The Kier molecular flexibility index (Phi) is 24.2. The highest BCUT2D eigenvalue weighted by Crippen LogP contribution is 2.40. The zero-order chi connectivity index (χ0) is 65.2. The Morgan fingerprint density at radius 2 is 0.833 bits per heavy atom. The molecule has 2 aliphatic carbocycles. The van der Waals surface area contributed by atoms with Gasteiger partial charge in [0.05, 0.1) is 36.6 Å². The average molecular weight is 1290 g/mol. The van der Waals surface area contributed by atoms with E-state index in [0.29, 0.717) is 72.2 Å². The number of carbonyl (C=O) groups is 10. The zero-order valence-electron chi connectivity index (χ0n) is 49.5. The van der Waals surface area contributed by atoms with Crippen molar-refractivity contribution >= 4 is 74.3 Å². The molecule has 3 heterocycles. The standard InChI is InChI=1S/C56H78N16O16P2/c57-45(73)27-43-49(77)59-23-7-9-39-30-72(70-68-39)32-48(76)62-42(26-36-13-17-38(18-14-36)34-90(86,87)88)52(80)66-56(21-5-2-6-22-56)54(82)64-44(28-46(58)74)50(78)60-24-8-10-40-29-71(69-67-40)31-47(75)61-41(25-35-11-15-37(16-12-35)33-89(83,84)85)51(79)65-55(53(81)63-43)19-3-1-4-20-55/h11-18,29-30,41-44H,1-10,19-28,31-34H2,(H2,57,73)(H2,58,74)(H,59,77)(H,60,78)(H,61,75)(H,62,76)(H,63,81)(H,64,82)(H,65,79)(H,66,80)(H2,83,84,85)(H2,86,87,88)/t41-,42-,43+,44+/m1/s1. The number of nitrogens with one attached hydrogen (secondary N) is 8. The summed E-state index contributed by atoms with van der Waals surface area (Å²) in [6.07, 6.45) is 4.94. The number of nitrogens with two attached hydrogens (primary N) is 2. The first-order valence-electron chi connectivity index (χ1n) is 29.6. The topological polar surface area (TPSA) is 495 Å². The Labute approximate surface area is 517 Å². The van der Waals surface area contributed by atoms with E-state index in [2.05, 4.69) is 63.2 Å². The summed E-state index contributed by atoms with van der Waals surface area (Å²) in [5.41, 5.74) is 10.2. The van der Waals surface area contributed by atoms with Gasteiger partial charge in [-0.25, -0.2) is 9.36 Å². The molecule has 2 spiro atoms. The van der Waals surface area contributed by atoms with Crippen LogP contribution in [0.4, 0.5) is 0 Å². The van der Waals surface area contributed by atoms with E-state index in [-0.39, 0.29) is 77.3 Å². The maximum Gasteiger partial charge on any atom is 0.329 e. The molecule has 0 unspecified atom stereocenters. The van der Waals surface area contributed by atoms with Crippen LogP contribution in [0.15, 0.2) is 60.9 Å². The molecule has 0 saturated heterocycles. The van der Waals surface area contributed by atoms with Crippen molar-refractivity contribution < 1.29 is 76.6 Å². The van der Waals surface area contributed by atoms with Crippen molar-refractivity contribution in [2.75, 3.05) is 13.1 Å². The molecule has 2 aromatic heterocycles. The molecule has 4 aromatic rings. The van der Waals surface area contributed by atoms with Crippen molar-refractivity contribution in [2.24, 2.45) is 11.5 Å². The molecule has 4 atom stereocenters. The van der Waals surface area contributed by atoms with Gasteiger partial charge in [-0.2, -0.15) is 0 Å². The molecule has 488 valence electrons. The predicted molar refractivity (Wildman–Crippen MR) is 318 cm³/mol. The summed E-state index contributed by atoms with van der Waals surface area (Å²) in [5.74, 6) is -7.93. The molecular weight excluding hydrogens is 1210 g/mol. The SMILES string of the molecule is NC(=O)C[C@@H]1NC(=O)C2(CCCCC2)NC(=O)[C@@H](Cc2ccc(CP(=O)(O)O)cc2)NC(=O)Cn2cc(nn2)CCCNC(=O)[C@H](CC(N)=O)NC(=O)C2(CCCCC2)NC(=O)[C@@H](Cc2ccc(CP(=O)(O)O)cc2)NC(=O)Cn2cc(nn2)CCCNC1=O. The van der Waals surface area contributed by atoms with Gasteiger partial charge in [0.1, 0.15) is 48.3 Å². The monoisotopic (exact) mass is 1290 g/mol. The van der Waals surface area contributed by atoms with Crippen LogP contribution in [0.25, 0.3) is 0 Å². The second-order valence-corrected chi connectivity index (χ2v) is 26.5. The summed E-state index contributed by atoms with van der Waals surface area (Å²) < 4.78 is 25.9. The number of hydrogen-bond acceptors (Lipinski definition) is 16. The molecule has 16 N–H and O–H groups in total. The fourth-order valence-electron chi connectivity index (χ4n) is 11.2. The number of hydrogen-bond donors (Lipinski definition) is 14. The highest BCUT2D eigenvalue weighted by molar-refractivity contribution is 7.51. The van der Waals surface area contributed by atoms with Gasteiger partial charge in [0, 0.05) is 38.3 Å². The fourth-order valence-corrected chi connectivity index (χ4v) is 12.5. The summed E-state index contributed by atoms with van der Waals surface area (Å²) in [6, 6.07) is 6.34. The summed E-state index contributed by atoms with van der Waals surface area (Å²) >= 11 is 0. The molecule has 1 aliphatic heterocycles. The quantitative estimate of drug-likeness (QED) is 0.0673. The summed E-state index contributed by atoms with van der Waals surface area (Å²) in [5, 5.41) is 38.2. The maximum absolute atomic E-state index is 14.6. The molecule has 4 bridgehead atoms. The molecule has 0 radical (unpaired) electrons. The largest absolute Gasteiger partial charge is 0.370 e. The number of benzene rings is 2. The van der Waals surface area contributed by atoms with Crippen LogP contribution in [0.2, 0.25) is 0 Å². The van der Waals surface area contributed by atoms with E-state index in [9.17, 15) is 76.6 Å². The normalized spacial score (nSPS) is 21.9. The van der Waals surface area contributed by atoms with Crippen LogP contribution in [-0.2, 0) is 108 Å². The van der Waals surface area contributed by atoms with Gasteiger partial charge in [-0.05, 0) is 73.6 Å². The summed E-state index contributed by atoms with van der Waals surface area (Å²) in [6.45, 7) is -0.916. The summed E-state index contributed by atoms with van der Waals surface area (Å²) in [4.78, 5) is 176. The lowest BCUT2D eigenvalue weighted by molar-refractivity contribution is -0.139. The minimum Gasteiger partial charge on any atom is -0.370 e. The van der Waals surface area contributed by atoms with Crippen molar-refractivity contribution in [3.8, 4) is 0 Å². The number of primary amides is 2. The van der Waals surface area contributed by atoms with Crippen LogP contribution >= 0.6 is 15.2 Å². The Balaban J connectivity index is 1.14. The van der Waals surface area contributed by atoms with E-state index in [0.717, 1.165) is 0 Å². The van der Waals surface area contributed by atoms with E-state index < -0.39 is 148 Å². The highest BCUT2D eigenvalue weighted by atomic mass is 31.2. The van der Waals surface area contributed by atoms with Crippen LogP contribution in [0, 0.1) is 0 Å². The first-order chi connectivity index (χ1) is 42.6. The second kappa shape index (κ2) is 31.4. The number of aromatic nitrogens is 6. The minimum atomic E-state index is -4.43. The summed E-state index contributed by atoms with van der Waals surface area (Å²) in [7, 11) is -8.86. The van der Waals surface area contributed by atoms with Gasteiger partial charge in [-0.1, -0.05) is 97.5 Å². The van der Waals surface area contributed by atoms with Crippen LogP contribution in [0.5, 0.6) is 0 Å². The molecule has 34 heteroatoms. The van der Waals surface area contributed by atoms with Crippen molar-refractivity contribution in [3.63, 3.8) is 0 Å². The molecule has 90 heavy (non-hydrogen) atoms. The average Bonchev–Trinajstić information content (AvgIpc) is 1.10. The minimum absolute atomic E-state index is 0.00758. The Morgan fingerprint density at radius 1 is 0.489 bits per heavy atom. The zero-order valence-corrected chi connectivity index (χ0v) is 51.3. The van der Waals surface area contributed by atoms with E-state index in [1.807, 2.05) is 0 Å². The van der Waals surface area contributed by atoms with E-state index in [4.69, 9.17) is 11.5 Å².